The van der Waals surface area contributed by atoms with Crippen molar-refractivity contribution in [1.82, 2.24) is 14.9 Å². The SMILES string of the molecule is CN=C(NCCS(=O)(=O)N1CCSCC1)NCC(C)Oc1ccccc1OC. The summed E-state index contributed by atoms with van der Waals surface area (Å²) in [6.07, 6.45) is -0.135. The molecule has 0 aromatic heterocycles. The van der Waals surface area contributed by atoms with Crippen molar-refractivity contribution in [2.24, 2.45) is 4.99 Å². The molecule has 2 rings (SSSR count). The van der Waals surface area contributed by atoms with Crippen LogP contribution in [0.25, 0.3) is 0 Å². The average Bonchev–Trinajstić information content (AvgIpc) is 2.71. The third-order valence-corrected chi connectivity index (χ3v) is 7.01. The minimum absolute atomic E-state index is 0.0473. The quantitative estimate of drug-likeness (QED) is 0.446. The molecule has 1 aromatic rings. The summed E-state index contributed by atoms with van der Waals surface area (Å²) in [4.78, 5) is 4.14. The van der Waals surface area contributed by atoms with Crippen molar-refractivity contribution in [2.75, 3.05) is 57.6 Å². The number of aliphatic imine (C=N–C) groups is 1. The van der Waals surface area contributed by atoms with E-state index in [-0.39, 0.29) is 11.9 Å². The Balaban J connectivity index is 1.75. The summed E-state index contributed by atoms with van der Waals surface area (Å²) in [5.41, 5.74) is 0. The van der Waals surface area contributed by atoms with Crippen LogP contribution in [-0.2, 0) is 10.0 Å². The fourth-order valence-corrected chi connectivity index (χ4v) is 5.18. The van der Waals surface area contributed by atoms with E-state index in [0.717, 1.165) is 11.5 Å². The van der Waals surface area contributed by atoms with Gasteiger partial charge in [0.15, 0.2) is 17.5 Å². The highest BCUT2D eigenvalue weighted by Crippen LogP contribution is 2.26. The van der Waals surface area contributed by atoms with E-state index in [0.29, 0.717) is 43.6 Å². The zero-order valence-electron chi connectivity index (χ0n) is 16.7. The molecule has 1 aliphatic heterocycles. The van der Waals surface area contributed by atoms with Crippen molar-refractivity contribution in [2.45, 2.75) is 13.0 Å². The zero-order chi connectivity index (χ0) is 20.4. The van der Waals surface area contributed by atoms with Gasteiger partial charge < -0.3 is 20.1 Å². The summed E-state index contributed by atoms with van der Waals surface area (Å²) in [6, 6.07) is 7.47. The number of nitrogens with zero attached hydrogens (tertiary/aromatic N) is 2. The molecular weight excluding hydrogens is 400 g/mol. The predicted molar refractivity (Wildman–Crippen MR) is 115 cm³/mol. The molecular formula is C18H30N4O4S2. The average molecular weight is 431 g/mol. The van der Waals surface area contributed by atoms with Gasteiger partial charge in [0.25, 0.3) is 0 Å². The Morgan fingerprint density at radius 1 is 1.25 bits per heavy atom. The van der Waals surface area contributed by atoms with Crippen LogP contribution < -0.4 is 20.1 Å². The minimum atomic E-state index is -3.23. The van der Waals surface area contributed by atoms with Crippen molar-refractivity contribution in [3.8, 4) is 11.5 Å². The van der Waals surface area contributed by atoms with E-state index in [2.05, 4.69) is 15.6 Å². The van der Waals surface area contributed by atoms with Crippen molar-refractivity contribution in [1.29, 1.82) is 0 Å². The van der Waals surface area contributed by atoms with Gasteiger partial charge in [-0.25, -0.2) is 12.7 Å². The van der Waals surface area contributed by atoms with Gasteiger partial charge in [0.05, 0.1) is 19.4 Å². The van der Waals surface area contributed by atoms with Crippen LogP contribution in [0.3, 0.4) is 0 Å². The molecule has 0 saturated carbocycles. The van der Waals surface area contributed by atoms with Gasteiger partial charge in [-0.2, -0.15) is 11.8 Å². The number of rotatable bonds is 9. The van der Waals surface area contributed by atoms with Crippen LogP contribution in [0, 0.1) is 0 Å². The third kappa shape index (κ3) is 7.06. The van der Waals surface area contributed by atoms with Crippen LogP contribution in [0.1, 0.15) is 6.92 Å². The lowest BCUT2D eigenvalue weighted by Crippen LogP contribution is -2.45. The van der Waals surface area contributed by atoms with Crippen LogP contribution in [0.2, 0.25) is 0 Å². The van der Waals surface area contributed by atoms with Gasteiger partial charge in [0.2, 0.25) is 10.0 Å². The lowest BCUT2D eigenvalue weighted by Gasteiger charge is -2.25. The second-order valence-corrected chi connectivity index (χ2v) is 9.60. The number of sulfonamides is 1. The Kier molecular flexibility index (Phi) is 9.20. The summed E-state index contributed by atoms with van der Waals surface area (Å²) in [6.45, 7) is 3.93. The molecule has 0 bridgehead atoms. The molecule has 1 aliphatic rings. The molecule has 2 N–H and O–H groups in total. The van der Waals surface area contributed by atoms with Crippen LogP contribution >= 0.6 is 11.8 Å². The van der Waals surface area contributed by atoms with Gasteiger partial charge >= 0.3 is 0 Å². The van der Waals surface area contributed by atoms with Gasteiger partial charge in [0.1, 0.15) is 6.10 Å². The van der Waals surface area contributed by atoms with Crippen molar-refractivity contribution >= 4 is 27.7 Å². The molecule has 1 fully saturated rings. The third-order valence-electron chi connectivity index (χ3n) is 4.19. The second-order valence-electron chi connectivity index (χ2n) is 6.29. The Morgan fingerprint density at radius 2 is 1.93 bits per heavy atom. The molecule has 1 aromatic carbocycles. The highest BCUT2D eigenvalue weighted by molar-refractivity contribution is 7.99. The molecule has 0 amide bonds. The standard InChI is InChI=1S/C18H30N4O4S2/c1-15(26-17-7-5-4-6-16(17)25-3)14-21-18(19-2)20-8-13-28(23,24)22-9-11-27-12-10-22/h4-7,15H,8-14H2,1-3H3,(H2,19,20,21). The molecule has 28 heavy (non-hydrogen) atoms. The first-order valence-corrected chi connectivity index (χ1v) is 12.0. The lowest BCUT2D eigenvalue weighted by molar-refractivity contribution is 0.213. The molecule has 1 heterocycles. The van der Waals surface area contributed by atoms with E-state index in [9.17, 15) is 8.42 Å². The van der Waals surface area contributed by atoms with E-state index < -0.39 is 10.0 Å². The monoisotopic (exact) mass is 430 g/mol. The number of para-hydroxylation sites is 2. The number of ether oxygens (including phenoxy) is 2. The molecule has 0 radical (unpaired) electrons. The maximum atomic E-state index is 12.4. The number of guanidine groups is 1. The number of benzene rings is 1. The van der Waals surface area contributed by atoms with Crippen LogP contribution in [0.5, 0.6) is 11.5 Å². The first-order chi connectivity index (χ1) is 13.5. The smallest absolute Gasteiger partial charge is 0.215 e. The maximum absolute atomic E-state index is 12.4. The second kappa shape index (κ2) is 11.4. The van der Waals surface area contributed by atoms with Crippen molar-refractivity contribution in [3.63, 3.8) is 0 Å². The molecule has 1 atom stereocenters. The lowest BCUT2D eigenvalue weighted by atomic mass is 10.3. The summed E-state index contributed by atoms with van der Waals surface area (Å²) >= 11 is 1.79. The van der Waals surface area contributed by atoms with Crippen LogP contribution in [-0.4, -0.2) is 82.4 Å². The van der Waals surface area contributed by atoms with E-state index >= 15 is 0 Å². The van der Waals surface area contributed by atoms with E-state index in [1.165, 1.54) is 0 Å². The predicted octanol–water partition coefficient (Wildman–Crippen LogP) is 1.01. The molecule has 0 aliphatic carbocycles. The molecule has 1 saturated heterocycles. The molecule has 8 nitrogen and oxygen atoms in total. The largest absolute Gasteiger partial charge is 0.493 e. The number of thioether (sulfide) groups is 1. The maximum Gasteiger partial charge on any atom is 0.215 e. The van der Waals surface area contributed by atoms with Gasteiger partial charge in [-0.3, -0.25) is 4.99 Å². The zero-order valence-corrected chi connectivity index (χ0v) is 18.3. The van der Waals surface area contributed by atoms with Gasteiger partial charge in [0, 0.05) is 38.2 Å². The first-order valence-electron chi connectivity index (χ1n) is 9.26. The molecule has 0 spiro atoms. The Hall–Kier alpha value is -1.65. The highest BCUT2D eigenvalue weighted by atomic mass is 32.2. The number of nitrogens with one attached hydrogen (secondary N) is 2. The highest BCUT2D eigenvalue weighted by Gasteiger charge is 2.23. The summed E-state index contributed by atoms with van der Waals surface area (Å²) in [7, 11) is 0.0243. The van der Waals surface area contributed by atoms with E-state index in [1.54, 1.807) is 30.2 Å². The number of methoxy groups -OCH3 is 1. The van der Waals surface area contributed by atoms with Gasteiger partial charge in [-0.15, -0.1) is 0 Å². The Bertz CT molecular complexity index is 737. The molecule has 10 heteroatoms. The Morgan fingerprint density at radius 3 is 2.57 bits per heavy atom. The van der Waals surface area contributed by atoms with Crippen molar-refractivity contribution < 1.29 is 17.9 Å². The fourth-order valence-electron chi connectivity index (χ4n) is 2.69. The molecule has 1 unspecified atom stereocenters. The summed E-state index contributed by atoms with van der Waals surface area (Å²) in [5.74, 6) is 3.66. The minimum Gasteiger partial charge on any atom is -0.493 e. The fraction of sp³-hybridized carbons (Fsp3) is 0.611. The number of hydrogen-bond acceptors (Lipinski definition) is 6. The topological polar surface area (TPSA) is 92.3 Å². The van der Waals surface area contributed by atoms with Crippen molar-refractivity contribution in [3.05, 3.63) is 24.3 Å². The Labute approximate surface area is 172 Å². The van der Waals surface area contributed by atoms with Crippen LogP contribution in [0.4, 0.5) is 0 Å². The first kappa shape index (κ1) is 22.6. The number of hydrogen-bond donors (Lipinski definition) is 2. The molecule has 158 valence electrons. The summed E-state index contributed by atoms with van der Waals surface area (Å²) in [5, 5.41) is 6.21. The summed E-state index contributed by atoms with van der Waals surface area (Å²) < 4.78 is 37.5. The van der Waals surface area contributed by atoms with E-state index in [4.69, 9.17) is 9.47 Å². The van der Waals surface area contributed by atoms with Gasteiger partial charge in [-0.05, 0) is 19.1 Å². The van der Waals surface area contributed by atoms with E-state index in [1.807, 2.05) is 31.2 Å². The van der Waals surface area contributed by atoms with Gasteiger partial charge in [-0.1, -0.05) is 12.1 Å². The van der Waals surface area contributed by atoms with Crippen LogP contribution in [0.15, 0.2) is 29.3 Å². The normalized spacial score (nSPS) is 17.0.